The summed E-state index contributed by atoms with van der Waals surface area (Å²) in [6.07, 6.45) is -3.50. The van der Waals surface area contributed by atoms with E-state index in [0.717, 1.165) is 40.0 Å². The summed E-state index contributed by atoms with van der Waals surface area (Å²) in [5.41, 5.74) is 4.62. The van der Waals surface area contributed by atoms with Gasteiger partial charge in [-0.05, 0) is 71.8 Å². The second-order valence-corrected chi connectivity index (χ2v) is 11.1. The van der Waals surface area contributed by atoms with Crippen LogP contribution in [0.25, 0.3) is 11.1 Å². The number of alkyl halides is 3. The van der Waals surface area contributed by atoms with Crippen molar-refractivity contribution in [2.75, 3.05) is 13.2 Å². The molecule has 7 heteroatoms. The Morgan fingerprint density at radius 3 is 2.21 bits per heavy atom. The molecule has 1 heterocycles. The highest BCUT2D eigenvalue weighted by atomic mass is 19.4. The average molecular weight is 586 g/mol. The second-order valence-electron chi connectivity index (χ2n) is 11.1. The van der Waals surface area contributed by atoms with Gasteiger partial charge in [0.2, 0.25) is 0 Å². The Morgan fingerprint density at radius 1 is 0.930 bits per heavy atom. The Morgan fingerprint density at radius 2 is 1.58 bits per heavy atom. The van der Waals surface area contributed by atoms with Crippen molar-refractivity contribution in [2.24, 2.45) is 0 Å². The summed E-state index contributed by atoms with van der Waals surface area (Å²) >= 11 is 0. The van der Waals surface area contributed by atoms with Crippen molar-refractivity contribution in [3.63, 3.8) is 0 Å². The third-order valence-electron chi connectivity index (χ3n) is 7.59. The lowest BCUT2D eigenvalue weighted by Crippen LogP contribution is -2.38. The fourth-order valence-corrected chi connectivity index (χ4v) is 5.41. The molecule has 4 nitrogen and oxygen atoms in total. The van der Waals surface area contributed by atoms with Crippen molar-refractivity contribution >= 4 is 6.09 Å². The van der Waals surface area contributed by atoms with E-state index >= 15 is 0 Å². The number of carbonyl (C=O) groups is 1. The van der Waals surface area contributed by atoms with Crippen molar-refractivity contribution < 1.29 is 27.4 Å². The van der Waals surface area contributed by atoms with E-state index in [1.165, 1.54) is 12.1 Å². The fraction of sp³-hybridized carbons (Fsp3) is 0.250. The maximum absolute atomic E-state index is 13.3. The summed E-state index contributed by atoms with van der Waals surface area (Å²) in [6, 6.07) is 30.5. The van der Waals surface area contributed by atoms with Crippen molar-refractivity contribution in [3.05, 3.63) is 138 Å². The molecule has 1 fully saturated rings. The Labute approximate surface area is 250 Å². The molecule has 1 saturated heterocycles. The normalized spacial score (nSPS) is 15.7. The molecule has 1 amide bonds. The minimum Gasteiger partial charge on any atom is -0.489 e. The SMILES string of the molecule is C=C(C)CC(CN1C(=O)OCC1Cc1ccccc1)c1cc(OCc2ccccc2)cc(-c2ccc(C(F)(F)F)cc2)c1. The van der Waals surface area contributed by atoms with E-state index in [0.29, 0.717) is 43.9 Å². The molecule has 4 aromatic carbocycles. The highest BCUT2D eigenvalue weighted by Gasteiger charge is 2.35. The zero-order chi connectivity index (χ0) is 30.4. The number of cyclic esters (lactones) is 1. The molecule has 0 aliphatic carbocycles. The van der Waals surface area contributed by atoms with E-state index in [1.54, 1.807) is 4.90 Å². The second kappa shape index (κ2) is 13.2. The van der Waals surface area contributed by atoms with Gasteiger partial charge in [-0.1, -0.05) is 84.4 Å². The quantitative estimate of drug-likeness (QED) is 0.165. The molecule has 0 aromatic heterocycles. The summed E-state index contributed by atoms with van der Waals surface area (Å²) in [4.78, 5) is 14.7. The summed E-state index contributed by atoms with van der Waals surface area (Å²) < 4.78 is 51.5. The van der Waals surface area contributed by atoms with Crippen LogP contribution in [0.3, 0.4) is 0 Å². The number of amides is 1. The van der Waals surface area contributed by atoms with Gasteiger partial charge in [-0.3, -0.25) is 0 Å². The average Bonchev–Trinajstić information content (AvgIpc) is 3.34. The van der Waals surface area contributed by atoms with Gasteiger partial charge in [0.1, 0.15) is 19.0 Å². The van der Waals surface area contributed by atoms with Gasteiger partial charge < -0.3 is 14.4 Å². The molecule has 0 spiro atoms. The summed E-state index contributed by atoms with van der Waals surface area (Å²) in [5, 5.41) is 0. The topological polar surface area (TPSA) is 38.8 Å². The summed E-state index contributed by atoms with van der Waals surface area (Å²) in [5.74, 6) is 0.447. The van der Waals surface area contributed by atoms with E-state index in [9.17, 15) is 18.0 Å². The van der Waals surface area contributed by atoms with E-state index in [4.69, 9.17) is 9.47 Å². The number of hydrogen-bond acceptors (Lipinski definition) is 3. The predicted molar refractivity (Wildman–Crippen MR) is 162 cm³/mol. The molecular formula is C36H34F3NO3. The van der Waals surface area contributed by atoms with Gasteiger partial charge in [-0.15, -0.1) is 6.58 Å². The highest BCUT2D eigenvalue weighted by molar-refractivity contribution is 5.71. The number of halogens is 3. The Bertz CT molecular complexity index is 1540. The van der Waals surface area contributed by atoms with Gasteiger partial charge in [-0.25, -0.2) is 4.79 Å². The van der Waals surface area contributed by atoms with Crippen molar-refractivity contribution in [2.45, 2.75) is 44.5 Å². The van der Waals surface area contributed by atoms with Crippen LogP contribution in [0.5, 0.6) is 5.75 Å². The lowest BCUT2D eigenvalue weighted by Gasteiger charge is -2.28. The first-order valence-corrected chi connectivity index (χ1v) is 14.3. The lowest BCUT2D eigenvalue weighted by molar-refractivity contribution is -0.137. The standard InChI is InChI=1S/C36H34F3NO3/c1-25(2)17-31(22-40-33(24-43-35(40)41)18-26-9-5-3-6-10-26)30-19-29(28-13-15-32(16-14-28)36(37,38)39)20-34(21-30)42-23-27-11-7-4-8-12-27/h3-16,19-21,31,33H,1,17-18,22-24H2,2H3. The molecule has 222 valence electrons. The highest BCUT2D eigenvalue weighted by Crippen LogP contribution is 2.36. The maximum Gasteiger partial charge on any atom is 0.416 e. The van der Waals surface area contributed by atoms with Gasteiger partial charge in [0, 0.05) is 12.5 Å². The minimum atomic E-state index is -4.42. The van der Waals surface area contributed by atoms with Crippen LogP contribution in [0.1, 0.15) is 41.5 Å². The molecule has 43 heavy (non-hydrogen) atoms. The first kappa shape index (κ1) is 30.0. The van der Waals surface area contributed by atoms with E-state index in [1.807, 2.05) is 85.8 Å². The molecule has 1 aliphatic heterocycles. The first-order valence-electron chi connectivity index (χ1n) is 14.3. The van der Waals surface area contributed by atoms with Crippen LogP contribution in [-0.4, -0.2) is 30.2 Å². The van der Waals surface area contributed by atoms with E-state index in [2.05, 4.69) is 6.58 Å². The van der Waals surface area contributed by atoms with Crippen molar-refractivity contribution in [1.29, 1.82) is 0 Å². The third-order valence-corrected chi connectivity index (χ3v) is 7.59. The molecule has 2 atom stereocenters. The van der Waals surface area contributed by atoms with Gasteiger partial charge >= 0.3 is 12.3 Å². The molecular weight excluding hydrogens is 551 g/mol. The molecule has 2 unspecified atom stereocenters. The van der Waals surface area contributed by atoms with Gasteiger partial charge in [0.05, 0.1) is 11.6 Å². The molecule has 5 rings (SSSR count). The first-order chi connectivity index (χ1) is 20.7. The van der Waals surface area contributed by atoms with Crippen LogP contribution < -0.4 is 4.74 Å². The zero-order valence-electron chi connectivity index (χ0n) is 24.0. The number of carbonyl (C=O) groups excluding carboxylic acids is 1. The number of allylic oxidation sites excluding steroid dienone is 1. The van der Waals surface area contributed by atoms with Crippen LogP contribution in [0.4, 0.5) is 18.0 Å². The summed E-state index contributed by atoms with van der Waals surface area (Å²) in [7, 11) is 0. The molecule has 0 radical (unpaired) electrons. The van der Waals surface area contributed by atoms with E-state index < -0.39 is 11.7 Å². The molecule has 0 saturated carbocycles. The van der Waals surface area contributed by atoms with Crippen LogP contribution in [0.2, 0.25) is 0 Å². The van der Waals surface area contributed by atoms with Crippen molar-refractivity contribution in [1.82, 2.24) is 4.90 Å². The van der Waals surface area contributed by atoms with Crippen LogP contribution >= 0.6 is 0 Å². The van der Waals surface area contributed by atoms with Crippen LogP contribution in [-0.2, 0) is 23.9 Å². The molecule has 0 bridgehead atoms. The number of nitrogens with zero attached hydrogens (tertiary/aromatic N) is 1. The zero-order valence-corrected chi connectivity index (χ0v) is 24.0. The molecule has 4 aromatic rings. The van der Waals surface area contributed by atoms with Gasteiger partial charge in [-0.2, -0.15) is 13.2 Å². The Kier molecular flexibility index (Phi) is 9.19. The van der Waals surface area contributed by atoms with Crippen LogP contribution in [0, 0.1) is 0 Å². The smallest absolute Gasteiger partial charge is 0.416 e. The number of hydrogen-bond donors (Lipinski definition) is 0. The Hall–Kier alpha value is -4.52. The molecule has 0 N–H and O–H groups in total. The largest absolute Gasteiger partial charge is 0.489 e. The Balaban J connectivity index is 1.48. The fourth-order valence-electron chi connectivity index (χ4n) is 5.41. The lowest BCUT2D eigenvalue weighted by atomic mass is 9.89. The number of benzene rings is 4. The van der Waals surface area contributed by atoms with Crippen LogP contribution in [0.15, 0.2) is 115 Å². The van der Waals surface area contributed by atoms with Crippen molar-refractivity contribution in [3.8, 4) is 16.9 Å². The number of ether oxygens (including phenoxy) is 2. The monoisotopic (exact) mass is 585 g/mol. The minimum absolute atomic E-state index is 0.116. The van der Waals surface area contributed by atoms with Gasteiger partial charge in [0.15, 0.2) is 0 Å². The predicted octanol–water partition coefficient (Wildman–Crippen LogP) is 9.06. The van der Waals surface area contributed by atoms with Gasteiger partial charge in [0.25, 0.3) is 0 Å². The molecule has 1 aliphatic rings. The van der Waals surface area contributed by atoms with E-state index in [-0.39, 0.29) is 18.1 Å². The maximum atomic E-state index is 13.3. The number of rotatable bonds is 11. The third kappa shape index (κ3) is 7.86. The summed E-state index contributed by atoms with van der Waals surface area (Å²) in [6.45, 7) is 7.13.